The Kier molecular flexibility index (Phi) is 3.73. The Morgan fingerprint density at radius 1 is 1.22 bits per heavy atom. The highest BCUT2D eigenvalue weighted by molar-refractivity contribution is 9.10. The molecule has 1 spiro atoms. The Bertz CT molecular complexity index is 406. The minimum atomic E-state index is 0.463. The smallest absolute Gasteiger partial charge is 0.0471 e. The molecule has 0 radical (unpaired) electrons. The van der Waals surface area contributed by atoms with Crippen LogP contribution in [0, 0.1) is 5.41 Å². The topological polar surface area (TPSA) is 21.3 Å². The molecule has 18 heavy (non-hydrogen) atoms. The van der Waals surface area contributed by atoms with E-state index >= 15 is 0 Å². The summed E-state index contributed by atoms with van der Waals surface area (Å²) < 4.78 is 6.76. The summed E-state index contributed by atoms with van der Waals surface area (Å²) in [7, 11) is 0. The van der Waals surface area contributed by atoms with Crippen molar-refractivity contribution in [2.75, 3.05) is 26.3 Å². The Morgan fingerprint density at radius 3 is 2.83 bits per heavy atom. The lowest BCUT2D eigenvalue weighted by Gasteiger charge is -2.47. The van der Waals surface area contributed by atoms with Crippen molar-refractivity contribution in [2.24, 2.45) is 5.41 Å². The number of benzene rings is 1. The van der Waals surface area contributed by atoms with Crippen molar-refractivity contribution in [3.05, 3.63) is 34.3 Å². The molecule has 1 N–H and O–H groups in total. The van der Waals surface area contributed by atoms with Crippen molar-refractivity contribution >= 4 is 15.9 Å². The standard InChI is InChI=1S/C15H20BrNO/c16-13-3-1-2-12(10-13)14-11-17-7-4-15(14)5-8-18-9-6-15/h1-3,10,14,17H,4-9,11H2. The van der Waals surface area contributed by atoms with Gasteiger partial charge in [-0.1, -0.05) is 28.1 Å². The molecule has 1 aromatic carbocycles. The lowest BCUT2D eigenvalue weighted by Crippen LogP contribution is -2.46. The molecular formula is C15H20BrNO. The molecule has 1 aromatic rings. The van der Waals surface area contributed by atoms with Crippen LogP contribution in [0.5, 0.6) is 0 Å². The van der Waals surface area contributed by atoms with Gasteiger partial charge in [-0.15, -0.1) is 0 Å². The van der Waals surface area contributed by atoms with Gasteiger partial charge in [0.1, 0.15) is 0 Å². The Morgan fingerprint density at radius 2 is 2.06 bits per heavy atom. The third kappa shape index (κ3) is 2.36. The normalized spacial score (nSPS) is 27.3. The van der Waals surface area contributed by atoms with E-state index in [1.54, 1.807) is 0 Å². The molecule has 3 rings (SSSR count). The minimum Gasteiger partial charge on any atom is -0.381 e. The number of hydrogen-bond acceptors (Lipinski definition) is 2. The second-order valence-electron chi connectivity index (χ2n) is 5.54. The predicted octanol–water partition coefficient (Wildman–Crippen LogP) is 3.32. The highest BCUT2D eigenvalue weighted by Crippen LogP contribution is 2.48. The first-order chi connectivity index (χ1) is 8.80. The fraction of sp³-hybridized carbons (Fsp3) is 0.600. The van der Waals surface area contributed by atoms with Crippen LogP contribution in [0.1, 0.15) is 30.7 Å². The van der Waals surface area contributed by atoms with E-state index in [4.69, 9.17) is 4.74 Å². The molecule has 2 aliphatic rings. The van der Waals surface area contributed by atoms with Crippen LogP contribution < -0.4 is 5.32 Å². The van der Waals surface area contributed by atoms with Crippen LogP contribution in [0.25, 0.3) is 0 Å². The van der Waals surface area contributed by atoms with Crippen molar-refractivity contribution in [1.82, 2.24) is 5.32 Å². The third-order valence-corrected chi connectivity index (χ3v) is 5.12. The molecule has 2 nitrogen and oxygen atoms in total. The van der Waals surface area contributed by atoms with Crippen LogP contribution in [0.3, 0.4) is 0 Å². The van der Waals surface area contributed by atoms with Gasteiger partial charge in [0.25, 0.3) is 0 Å². The highest BCUT2D eigenvalue weighted by Gasteiger charge is 2.42. The molecule has 1 unspecified atom stereocenters. The molecule has 0 amide bonds. The van der Waals surface area contributed by atoms with Gasteiger partial charge in [-0.25, -0.2) is 0 Å². The number of piperidine rings is 1. The van der Waals surface area contributed by atoms with Crippen LogP contribution >= 0.6 is 15.9 Å². The third-order valence-electron chi connectivity index (χ3n) is 4.63. The summed E-state index contributed by atoms with van der Waals surface area (Å²) in [5.41, 5.74) is 1.93. The first-order valence-electron chi connectivity index (χ1n) is 6.84. The first-order valence-corrected chi connectivity index (χ1v) is 7.63. The molecule has 0 saturated carbocycles. The summed E-state index contributed by atoms with van der Waals surface area (Å²) in [5.74, 6) is 0.632. The summed E-state index contributed by atoms with van der Waals surface area (Å²) in [4.78, 5) is 0. The van der Waals surface area contributed by atoms with Gasteiger partial charge in [-0.3, -0.25) is 0 Å². The van der Waals surface area contributed by atoms with E-state index in [2.05, 4.69) is 45.5 Å². The maximum Gasteiger partial charge on any atom is 0.0471 e. The molecule has 2 fully saturated rings. The molecule has 0 bridgehead atoms. The van der Waals surface area contributed by atoms with Gasteiger partial charge in [0.05, 0.1) is 0 Å². The molecule has 0 aliphatic carbocycles. The van der Waals surface area contributed by atoms with Crippen LogP contribution in [-0.4, -0.2) is 26.3 Å². The van der Waals surface area contributed by atoms with E-state index in [0.717, 1.165) is 26.3 Å². The summed E-state index contributed by atoms with van der Waals surface area (Å²) in [5, 5.41) is 3.57. The zero-order chi connectivity index (χ0) is 12.4. The number of ether oxygens (including phenoxy) is 1. The average Bonchev–Trinajstić information content (AvgIpc) is 2.40. The average molecular weight is 310 g/mol. The molecule has 2 saturated heterocycles. The zero-order valence-electron chi connectivity index (χ0n) is 10.6. The number of nitrogens with one attached hydrogen (secondary N) is 1. The first kappa shape index (κ1) is 12.6. The van der Waals surface area contributed by atoms with Crippen molar-refractivity contribution < 1.29 is 4.74 Å². The monoisotopic (exact) mass is 309 g/mol. The van der Waals surface area contributed by atoms with E-state index in [9.17, 15) is 0 Å². The largest absolute Gasteiger partial charge is 0.381 e. The van der Waals surface area contributed by atoms with Gasteiger partial charge < -0.3 is 10.1 Å². The molecule has 0 aromatic heterocycles. The van der Waals surface area contributed by atoms with Crippen LogP contribution in [0.4, 0.5) is 0 Å². The molecule has 1 atom stereocenters. The summed E-state index contributed by atoms with van der Waals surface area (Å²) in [6.07, 6.45) is 3.71. The molecule has 2 heterocycles. The fourth-order valence-corrected chi connectivity index (χ4v) is 3.96. The summed E-state index contributed by atoms with van der Waals surface area (Å²) in [6.45, 7) is 4.13. The predicted molar refractivity (Wildman–Crippen MR) is 76.9 cm³/mol. The van der Waals surface area contributed by atoms with Gasteiger partial charge in [0, 0.05) is 30.1 Å². The van der Waals surface area contributed by atoms with Crippen molar-refractivity contribution in [1.29, 1.82) is 0 Å². The van der Waals surface area contributed by atoms with E-state index in [1.165, 1.54) is 29.3 Å². The van der Waals surface area contributed by atoms with Crippen LogP contribution in [0.2, 0.25) is 0 Å². The lowest BCUT2D eigenvalue weighted by molar-refractivity contribution is -0.0135. The maximum atomic E-state index is 5.58. The summed E-state index contributed by atoms with van der Waals surface area (Å²) >= 11 is 3.60. The van der Waals surface area contributed by atoms with Gasteiger partial charge in [0.15, 0.2) is 0 Å². The van der Waals surface area contributed by atoms with Gasteiger partial charge in [-0.05, 0) is 48.9 Å². The second-order valence-corrected chi connectivity index (χ2v) is 6.45. The zero-order valence-corrected chi connectivity index (χ0v) is 12.2. The maximum absolute atomic E-state index is 5.58. The summed E-state index contributed by atoms with van der Waals surface area (Å²) in [6, 6.07) is 8.83. The van der Waals surface area contributed by atoms with Crippen LogP contribution in [0.15, 0.2) is 28.7 Å². The van der Waals surface area contributed by atoms with E-state index in [-0.39, 0.29) is 0 Å². The highest BCUT2D eigenvalue weighted by atomic mass is 79.9. The Hall–Kier alpha value is -0.380. The molecule has 2 aliphatic heterocycles. The Labute approximate surface area is 117 Å². The molecule has 98 valence electrons. The SMILES string of the molecule is Brc1cccc(C2CNCCC23CCOCC3)c1. The van der Waals surface area contributed by atoms with Crippen LogP contribution in [-0.2, 0) is 4.74 Å². The van der Waals surface area contributed by atoms with Gasteiger partial charge in [0.2, 0.25) is 0 Å². The quantitative estimate of drug-likeness (QED) is 0.859. The van der Waals surface area contributed by atoms with Gasteiger partial charge >= 0.3 is 0 Å². The number of rotatable bonds is 1. The fourth-order valence-electron chi connectivity index (χ4n) is 3.55. The molecular weight excluding hydrogens is 290 g/mol. The van der Waals surface area contributed by atoms with E-state index in [0.29, 0.717) is 11.3 Å². The van der Waals surface area contributed by atoms with E-state index < -0.39 is 0 Å². The van der Waals surface area contributed by atoms with Crippen molar-refractivity contribution in [3.8, 4) is 0 Å². The van der Waals surface area contributed by atoms with Gasteiger partial charge in [-0.2, -0.15) is 0 Å². The van der Waals surface area contributed by atoms with Crippen molar-refractivity contribution in [2.45, 2.75) is 25.2 Å². The lowest BCUT2D eigenvalue weighted by atomic mass is 9.63. The van der Waals surface area contributed by atoms with E-state index in [1.807, 2.05) is 0 Å². The Balaban J connectivity index is 1.91. The van der Waals surface area contributed by atoms with Crippen molar-refractivity contribution in [3.63, 3.8) is 0 Å². The number of halogens is 1. The second kappa shape index (κ2) is 5.32. The molecule has 3 heteroatoms. The minimum absolute atomic E-state index is 0.463. The number of hydrogen-bond donors (Lipinski definition) is 1.